The quantitative estimate of drug-likeness (QED) is 0.945. The van der Waals surface area contributed by atoms with Crippen LogP contribution in [-0.4, -0.2) is 34.5 Å². The number of thiazole rings is 1. The minimum atomic E-state index is 0.136. The Balaban J connectivity index is 1.76. The number of aromatic nitrogens is 2. The Hall–Kier alpha value is -1.30. The van der Waals surface area contributed by atoms with Gasteiger partial charge in [-0.25, -0.2) is 4.98 Å². The van der Waals surface area contributed by atoms with Gasteiger partial charge < -0.3 is 5.32 Å². The summed E-state index contributed by atoms with van der Waals surface area (Å²) in [4.78, 5) is 12.6. The predicted octanol–water partition coefficient (Wildman–Crippen LogP) is 2.98. The smallest absolute Gasteiger partial charge is 0.0981 e. The van der Waals surface area contributed by atoms with Gasteiger partial charge in [0, 0.05) is 61.1 Å². The van der Waals surface area contributed by atoms with Crippen LogP contribution in [0.2, 0.25) is 0 Å². The van der Waals surface area contributed by atoms with Crippen molar-refractivity contribution in [2.45, 2.75) is 38.8 Å². The van der Waals surface area contributed by atoms with Gasteiger partial charge in [-0.2, -0.15) is 0 Å². The van der Waals surface area contributed by atoms with Crippen LogP contribution in [-0.2, 0) is 12.0 Å². The highest BCUT2D eigenvalue weighted by atomic mass is 32.1. The average Bonchev–Trinajstić information content (AvgIpc) is 2.97. The van der Waals surface area contributed by atoms with Crippen molar-refractivity contribution in [3.05, 3.63) is 46.2 Å². The lowest BCUT2D eigenvalue weighted by Crippen LogP contribution is -2.45. The second-order valence-corrected chi connectivity index (χ2v) is 7.97. The van der Waals surface area contributed by atoms with E-state index in [1.54, 1.807) is 0 Å². The van der Waals surface area contributed by atoms with E-state index in [1.165, 1.54) is 15.4 Å². The number of hydrogen-bond acceptors (Lipinski definition) is 5. The Morgan fingerprint density at radius 2 is 2.09 bits per heavy atom. The Labute approximate surface area is 136 Å². The van der Waals surface area contributed by atoms with Gasteiger partial charge in [0.05, 0.1) is 5.01 Å². The Morgan fingerprint density at radius 1 is 1.32 bits per heavy atom. The van der Waals surface area contributed by atoms with E-state index < -0.39 is 0 Å². The molecule has 1 fully saturated rings. The minimum absolute atomic E-state index is 0.136. The maximum absolute atomic E-state index is 4.62. The van der Waals surface area contributed by atoms with Gasteiger partial charge in [-0.05, 0) is 17.7 Å². The van der Waals surface area contributed by atoms with Crippen LogP contribution in [0.3, 0.4) is 0 Å². The van der Waals surface area contributed by atoms with E-state index in [0.29, 0.717) is 6.04 Å². The zero-order valence-corrected chi connectivity index (χ0v) is 14.4. The zero-order chi connectivity index (χ0) is 15.6. The summed E-state index contributed by atoms with van der Waals surface area (Å²) in [6, 6.07) is 4.66. The first-order valence-electron chi connectivity index (χ1n) is 7.84. The summed E-state index contributed by atoms with van der Waals surface area (Å²) in [5, 5.41) is 4.72. The molecular weight excluding hydrogens is 292 g/mol. The third-order valence-corrected chi connectivity index (χ3v) is 5.41. The monoisotopic (exact) mass is 316 g/mol. The molecule has 118 valence electrons. The third-order valence-electron chi connectivity index (χ3n) is 4.00. The van der Waals surface area contributed by atoms with Crippen molar-refractivity contribution < 1.29 is 0 Å². The van der Waals surface area contributed by atoms with E-state index in [9.17, 15) is 0 Å². The number of rotatable bonds is 3. The van der Waals surface area contributed by atoms with Crippen LogP contribution < -0.4 is 5.32 Å². The number of nitrogens with zero attached hydrogens (tertiary/aromatic N) is 3. The van der Waals surface area contributed by atoms with Crippen molar-refractivity contribution in [1.82, 2.24) is 20.2 Å². The first-order valence-corrected chi connectivity index (χ1v) is 8.65. The van der Waals surface area contributed by atoms with Crippen molar-refractivity contribution in [2.75, 3.05) is 19.6 Å². The molecule has 1 unspecified atom stereocenters. The molecule has 5 heteroatoms. The fourth-order valence-corrected chi connectivity index (χ4v) is 3.77. The van der Waals surface area contributed by atoms with Gasteiger partial charge in [-0.15, -0.1) is 11.3 Å². The van der Waals surface area contributed by atoms with Crippen molar-refractivity contribution in [3.8, 4) is 0 Å². The molecule has 2 aromatic rings. The second-order valence-electron chi connectivity index (χ2n) is 6.85. The Bertz CT molecular complexity index is 603. The normalized spacial score (nSPS) is 20.2. The molecule has 0 spiro atoms. The van der Waals surface area contributed by atoms with Crippen molar-refractivity contribution >= 4 is 11.3 Å². The summed E-state index contributed by atoms with van der Waals surface area (Å²) in [6.45, 7) is 10.8. The van der Waals surface area contributed by atoms with Crippen LogP contribution >= 0.6 is 11.3 Å². The van der Waals surface area contributed by atoms with E-state index in [-0.39, 0.29) is 5.41 Å². The molecule has 1 saturated heterocycles. The van der Waals surface area contributed by atoms with Gasteiger partial charge in [-0.3, -0.25) is 9.88 Å². The number of piperazine rings is 1. The lowest BCUT2D eigenvalue weighted by molar-refractivity contribution is 0.155. The van der Waals surface area contributed by atoms with Gasteiger partial charge in [0.2, 0.25) is 0 Å². The molecule has 3 rings (SSSR count). The summed E-state index contributed by atoms with van der Waals surface area (Å²) >= 11 is 1.85. The maximum atomic E-state index is 4.62. The number of hydrogen-bond donors (Lipinski definition) is 1. The Kier molecular flexibility index (Phi) is 4.57. The maximum Gasteiger partial charge on any atom is 0.0981 e. The van der Waals surface area contributed by atoms with E-state index >= 15 is 0 Å². The highest BCUT2D eigenvalue weighted by molar-refractivity contribution is 7.11. The summed E-state index contributed by atoms with van der Waals surface area (Å²) < 4.78 is 0. The molecule has 0 saturated carbocycles. The summed E-state index contributed by atoms with van der Waals surface area (Å²) in [7, 11) is 0. The molecule has 1 atom stereocenters. The van der Waals surface area contributed by atoms with Crippen molar-refractivity contribution in [1.29, 1.82) is 0 Å². The van der Waals surface area contributed by atoms with Crippen LogP contribution in [0.5, 0.6) is 0 Å². The zero-order valence-electron chi connectivity index (χ0n) is 13.5. The molecule has 0 aliphatic carbocycles. The third kappa shape index (κ3) is 3.54. The Morgan fingerprint density at radius 3 is 2.77 bits per heavy atom. The lowest BCUT2D eigenvalue weighted by atomic mass is 9.98. The van der Waals surface area contributed by atoms with Crippen LogP contribution in [0.1, 0.15) is 42.3 Å². The van der Waals surface area contributed by atoms with E-state index in [1.807, 2.05) is 23.7 Å². The number of pyridine rings is 1. The minimum Gasteiger partial charge on any atom is -0.314 e. The number of nitrogens with one attached hydrogen (secondary N) is 1. The molecule has 22 heavy (non-hydrogen) atoms. The molecule has 0 amide bonds. The molecule has 1 aliphatic heterocycles. The molecule has 0 bridgehead atoms. The SMILES string of the molecule is CC(C)(C)c1ncc(CN2CCNCC2c2ccncc2)s1. The van der Waals surface area contributed by atoms with Crippen molar-refractivity contribution in [3.63, 3.8) is 0 Å². The largest absolute Gasteiger partial charge is 0.314 e. The highest BCUT2D eigenvalue weighted by Gasteiger charge is 2.25. The molecule has 1 N–H and O–H groups in total. The fourth-order valence-electron chi connectivity index (χ4n) is 2.78. The summed E-state index contributed by atoms with van der Waals surface area (Å²) in [5.41, 5.74) is 1.47. The standard InChI is InChI=1S/C17H24N4S/c1-17(2,3)16-20-10-14(22-16)12-21-9-8-19-11-15(21)13-4-6-18-7-5-13/h4-7,10,15,19H,8-9,11-12H2,1-3H3. The van der Waals surface area contributed by atoms with Gasteiger partial charge in [0.1, 0.15) is 0 Å². The van der Waals surface area contributed by atoms with Gasteiger partial charge in [0.15, 0.2) is 0 Å². The predicted molar refractivity (Wildman–Crippen MR) is 91.1 cm³/mol. The van der Waals surface area contributed by atoms with Crippen molar-refractivity contribution in [2.24, 2.45) is 0 Å². The van der Waals surface area contributed by atoms with Gasteiger partial charge in [0.25, 0.3) is 0 Å². The fraction of sp³-hybridized carbons (Fsp3) is 0.529. The molecule has 1 aliphatic rings. The molecule has 0 radical (unpaired) electrons. The van der Waals surface area contributed by atoms with E-state index in [2.05, 4.69) is 59.3 Å². The summed E-state index contributed by atoms with van der Waals surface area (Å²) in [5.74, 6) is 0. The van der Waals surface area contributed by atoms with E-state index in [4.69, 9.17) is 0 Å². The van der Waals surface area contributed by atoms with Gasteiger partial charge in [-0.1, -0.05) is 20.8 Å². The molecule has 4 nitrogen and oxygen atoms in total. The first kappa shape index (κ1) is 15.6. The first-order chi connectivity index (χ1) is 10.5. The van der Waals surface area contributed by atoms with Crippen LogP contribution in [0.15, 0.2) is 30.7 Å². The molecular formula is C17H24N4S. The molecule has 3 heterocycles. The van der Waals surface area contributed by atoms with Crippen LogP contribution in [0, 0.1) is 0 Å². The summed E-state index contributed by atoms with van der Waals surface area (Å²) in [6.07, 6.45) is 5.82. The van der Waals surface area contributed by atoms with Crippen LogP contribution in [0.25, 0.3) is 0 Å². The second kappa shape index (κ2) is 6.44. The molecule has 2 aromatic heterocycles. The molecule has 0 aromatic carbocycles. The lowest BCUT2D eigenvalue weighted by Gasteiger charge is -2.36. The van der Waals surface area contributed by atoms with Gasteiger partial charge >= 0.3 is 0 Å². The average molecular weight is 316 g/mol. The topological polar surface area (TPSA) is 41.1 Å². The van der Waals surface area contributed by atoms with Crippen LogP contribution in [0.4, 0.5) is 0 Å². The van der Waals surface area contributed by atoms with E-state index in [0.717, 1.165) is 26.2 Å². The highest BCUT2D eigenvalue weighted by Crippen LogP contribution is 2.30.